The summed E-state index contributed by atoms with van der Waals surface area (Å²) in [6, 6.07) is 22.6. The van der Waals surface area contributed by atoms with Gasteiger partial charge in [-0.3, -0.25) is 4.79 Å². The van der Waals surface area contributed by atoms with Crippen LogP contribution in [0, 0.1) is 0 Å². The van der Waals surface area contributed by atoms with Gasteiger partial charge in [0.1, 0.15) is 21.9 Å². The molecule has 4 aromatic rings. The molecule has 2 N–H and O–H groups in total. The van der Waals surface area contributed by atoms with Crippen molar-refractivity contribution in [3.63, 3.8) is 0 Å². The summed E-state index contributed by atoms with van der Waals surface area (Å²) in [6.45, 7) is 0. The van der Waals surface area contributed by atoms with E-state index >= 15 is 0 Å². The molecule has 0 spiro atoms. The van der Waals surface area contributed by atoms with Crippen LogP contribution in [0.5, 0.6) is 0 Å². The number of nitrogens with one attached hydrogen (secondary N) is 2. The molecule has 7 heteroatoms. The second kappa shape index (κ2) is 8.62. The van der Waals surface area contributed by atoms with Gasteiger partial charge in [-0.25, -0.2) is 15.0 Å². The van der Waals surface area contributed by atoms with Crippen LogP contribution in [0.1, 0.15) is 10.5 Å². The summed E-state index contributed by atoms with van der Waals surface area (Å²) in [5.74, 6) is 0.857. The first kappa shape index (κ1) is 18.8. The van der Waals surface area contributed by atoms with Crippen LogP contribution >= 0.6 is 15.9 Å². The summed E-state index contributed by atoms with van der Waals surface area (Å²) in [6.07, 6.45) is 3.40. The average Bonchev–Trinajstić information content (AvgIpc) is 2.75. The van der Waals surface area contributed by atoms with Gasteiger partial charge in [0.05, 0.1) is 0 Å². The van der Waals surface area contributed by atoms with E-state index in [0.717, 1.165) is 22.6 Å². The van der Waals surface area contributed by atoms with E-state index in [9.17, 15) is 4.79 Å². The van der Waals surface area contributed by atoms with Crippen LogP contribution in [0.25, 0.3) is 11.1 Å². The number of amides is 1. The van der Waals surface area contributed by atoms with Crippen molar-refractivity contribution in [2.24, 2.45) is 0 Å². The molecule has 6 nitrogen and oxygen atoms in total. The summed E-state index contributed by atoms with van der Waals surface area (Å²) in [5, 5.41) is 6.06. The molecule has 0 atom stereocenters. The fraction of sp³-hybridized carbons (Fsp3) is 0. The minimum atomic E-state index is -0.322. The molecule has 0 saturated carbocycles. The predicted octanol–water partition coefficient (Wildman–Crippen LogP) is 5.30. The maximum Gasteiger partial charge on any atom is 0.275 e. The maximum atomic E-state index is 12.4. The SMILES string of the molecule is O=C(Nc1cc(-c2ccnc(Nc3ccccc3)c2)ccn1)c1cccc(Br)n1. The minimum Gasteiger partial charge on any atom is -0.340 e. The summed E-state index contributed by atoms with van der Waals surface area (Å²) in [5.41, 5.74) is 3.14. The Morgan fingerprint density at radius 3 is 2.21 bits per heavy atom. The largest absolute Gasteiger partial charge is 0.340 e. The van der Waals surface area contributed by atoms with Gasteiger partial charge >= 0.3 is 0 Å². The van der Waals surface area contributed by atoms with Crippen molar-refractivity contribution in [1.29, 1.82) is 0 Å². The van der Waals surface area contributed by atoms with Crippen LogP contribution in [0.15, 0.2) is 89.8 Å². The number of anilines is 3. The zero-order valence-electron chi connectivity index (χ0n) is 15.2. The van der Waals surface area contributed by atoms with E-state index in [2.05, 4.69) is 41.5 Å². The van der Waals surface area contributed by atoms with Gasteiger partial charge in [0, 0.05) is 18.1 Å². The number of para-hydroxylation sites is 1. The number of aromatic nitrogens is 3. The second-order valence-electron chi connectivity index (χ2n) is 6.15. The number of benzene rings is 1. The molecule has 0 aliphatic carbocycles. The molecule has 1 aromatic carbocycles. The van der Waals surface area contributed by atoms with E-state index in [-0.39, 0.29) is 5.91 Å². The molecule has 3 aromatic heterocycles. The van der Waals surface area contributed by atoms with Crippen molar-refractivity contribution in [3.8, 4) is 11.1 Å². The lowest BCUT2D eigenvalue weighted by Gasteiger charge is -2.09. The lowest BCUT2D eigenvalue weighted by molar-refractivity contribution is 0.102. The molecule has 0 radical (unpaired) electrons. The third-order valence-corrected chi connectivity index (χ3v) is 4.53. The first-order chi connectivity index (χ1) is 14.2. The Balaban J connectivity index is 1.54. The van der Waals surface area contributed by atoms with E-state index in [1.807, 2.05) is 54.6 Å². The Kier molecular flexibility index (Phi) is 5.58. The van der Waals surface area contributed by atoms with E-state index in [0.29, 0.717) is 16.1 Å². The maximum absolute atomic E-state index is 12.4. The van der Waals surface area contributed by atoms with Crippen molar-refractivity contribution >= 4 is 39.2 Å². The first-order valence-electron chi connectivity index (χ1n) is 8.86. The normalized spacial score (nSPS) is 10.4. The molecule has 142 valence electrons. The molecule has 0 aliphatic heterocycles. The number of carbonyl (C=O) groups is 1. The lowest BCUT2D eigenvalue weighted by atomic mass is 10.1. The van der Waals surface area contributed by atoms with Gasteiger partial charge in [-0.1, -0.05) is 24.3 Å². The highest BCUT2D eigenvalue weighted by molar-refractivity contribution is 9.10. The predicted molar refractivity (Wildman–Crippen MR) is 117 cm³/mol. The number of halogens is 1. The topological polar surface area (TPSA) is 79.8 Å². The van der Waals surface area contributed by atoms with Crippen molar-refractivity contribution in [1.82, 2.24) is 15.0 Å². The molecule has 0 fully saturated rings. The van der Waals surface area contributed by atoms with Gasteiger partial charge in [-0.2, -0.15) is 0 Å². The quantitative estimate of drug-likeness (QED) is 0.407. The highest BCUT2D eigenvalue weighted by Gasteiger charge is 2.10. The van der Waals surface area contributed by atoms with Gasteiger partial charge in [-0.05, 0) is 75.6 Å². The summed E-state index contributed by atoms with van der Waals surface area (Å²) >= 11 is 3.27. The van der Waals surface area contributed by atoms with Crippen LogP contribution in [0.2, 0.25) is 0 Å². The molecule has 0 aliphatic rings. The monoisotopic (exact) mass is 445 g/mol. The van der Waals surface area contributed by atoms with E-state index < -0.39 is 0 Å². The van der Waals surface area contributed by atoms with Crippen molar-refractivity contribution in [2.75, 3.05) is 10.6 Å². The standard InChI is InChI=1S/C22H16BrN5O/c23-19-8-4-7-18(27-19)22(29)28-21-14-16(10-12-25-21)15-9-11-24-20(13-15)26-17-5-2-1-3-6-17/h1-14H,(H,24,26)(H,25,28,29). The first-order valence-corrected chi connectivity index (χ1v) is 9.65. The number of hydrogen-bond donors (Lipinski definition) is 2. The summed E-state index contributed by atoms with van der Waals surface area (Å²) in [7, 11) is 0. The minimum absolute atomic E-state index is 0.310. The molecule has 0 unspecified atom stereocenters. The number of rotatable bonds is 5. The van der Waals surface area contributed by atoms with Gasteiger partial charge < -0.3 is 10.6 Å². The second-order valence-corrected chi connectivity index (χ2v) is 6.96. The van der Waals surface area contributed by atoms with Crippen molar-refractivity contribution in [3.05, 3.63) is 95.5 Å². The molecule has 0 bridgehead atoms. The van der Waals surface area contributed by atoms with E-state index in [1.165, 1.54) is 0 Å². The summed E-state index contributed by atoms with van der Waals surface area (Å²) < 4.78 is 0.599. The molecular weight excluding hydrogens is 430 g/mol. The van der Waals surface area contributed by atoms with Gasteiger partial charge in [0.2, 0.25) is 0 Å². The van der Waals surface area contributed by atoms with E-state index in [1.54, 1.807) is 30.6 Å². The zero-order valence-corrected chi connectivity index (χ0v) is 16.8. The van der Waals surface area contributed by atoms with Gasteiger partial charge in [-0.15, -0.1) is 0 Å². The fourth-order valence-corrected chi connectivity index (χ4v) is 3.09. The van der Waals surface area contributed by atoms with Crippen molar-refractivity contribution in [2.45, 2.75) is 0 Å². The number of carbonyl (C=O) groups excluding carboxylic acids is 1. The Hall–Kier alpha value is -3.58. The van der Waals surface area contributed by atoms with Crippen LogP contribution in [0.4, 0.5) is 17.3 Å². The zero-order chi connectivity index (χ0) is 20.1. The van der Waals surface area contributed by atoms with Crippen LogP contribution in [-0.2, 0) is 0 Å². The molecular formula is C22H16BrN5O. The lowest BCUT2D eigenvalue weighted by Crippen LogP contribution is -2.14. The Bertz CT molecular complexity index is 1150. The Morgan fingerprint density at radius 1 is 0.793 bits per heavy atom. The number of hydrogen-bond acceptors (Lipinski definition) is 5. The number of nitrogens with zero attached hydrogens (tertiary/aromatic N) is 3. The molecule has 3 heterocycles. The average molecular weight is 446 g/mol. The van der Waals surface area contributed by atoms with Crippen LogP contribution in [-0.4, -0.2) is 20.9 Å². The molecule has 29 heavy (non-hydrogen) atoms. The van der Waals surface area contributed by atoms with Crippen molar-refractivity contribution < 1.29 is 4.79 Å². The van der Waals surface area contributed by atoms with E-state index in [4.69, 9.17) is 0 Å². The third kappa shape index (κ3) is 4.83. The molecule has 1 amide bonds. The molecule has 4 rings (SSSR count). The van der Waals surface area contributed by atoms with Gasteiger partial charge in [0.25, 0.3) is 5.91 Å². The smallest absolute Gasteiger partial charge is 0.275 e. The Morgan fingerprint density at radius 2 is 1.48 bits per heavy atom. The van der Waals surface area contributed by atoms with Crippen LogP contribution in [0.3, 0.4) is 0 Å². The van der Waals surface area contributed by atoms with Gasteiger partial charge in [0.15, 0.2) is 0 Å². The highest BCUT2D eigenvalue weighted by Crippen LogP contribution is 2.24. The highest BCUT2D eigenvalue weighted by atomic mass is 79.9. The Labute approximate surface area is 176 Å². The van der Waals surface area contributed by atoms with Crippen LogP contribution < -0.4 is 10.6 Å². The fourth-order valence-electron chi connectivity index (χ4n) is 2.74. The third-order valence-electron chi connectivity index (χ3n) is 4.09. The number of pyridine rings is 3. The molecule has 0 saturated heterocycles. The summed E-state index contributed by atoms with van der Waals surface area (Å²) in [4.78, 5) is 25.2.